The summed E-state index contributed by atoms with van der Waals surface area (Å²) in [4.78, 5) is 13.5. The first-order valence-corrected chi connectivity index (χ1v) is 5.51. The lowest BCUT2D eigenvalue weighted by Crippen LogP contribution is -2.28. The number of carbonyl (C=O) groups excluding carboxylic acids is 1. The zero-order chi connectivity index (χ0) is 13.0. The van der Waals surface area contributed by atoms with Gasteiger partial charge in [-0.05, 0) is 10.7 Å². The topological polar surface area (TPSA) is 85.2 Å². The van der Waals surface area contributed by atoms with E-state index >= 15 is 0 Å². The third kappa shape index (κ3) is 2.85. The van der Waals surface area contributed by atoms with Gasteiger partial charge in [0.1, 0.15) is 5.69 Å². The standard InChI is InChI=1S/C12H14N4O2/c1-16(8-9-5-3-2-4-6-9)11(17)7-10-12(13)15-18-14-10/h2-6H,7-8H2,1H3,(H2,13,15). The lowest BCUT2D eigenvalue weighted by Gasteiger charge is -2.16. The van der Waals surface area contributed by atoms with Crippen LogP contribution in [-0.2, 0) is 17.8 Å². The fraction of sp³-hybridized carbons (Fsp3) is 0.250. The maximum atomic E-state index is 11.9. The van der Waals surface area contributed by atoms with Gasteiger partial charge in [0.2, 0.25) is 5.91 Å². The summed E-state index contributed by atoms with van der Waals surface area (Å²) in [5, 5.41) is 7.02. The third-order valence-corrected chi connectivity index (χ3v) is 2.59. The molecule has 2 N–H and O–H groups in total. The molecule has 18 heavy (non-hydrogen) atoms. The van der Waals surface area contributed by atoms with Crippen molar-refractivity contribution in [2.75, 3.05) is 12.8 Å². The van der Waals surface area contributed by atoms with Crippen LogP contribution in [0.25, 0.3) is 0 Å². The summed E-state index contributed by atoms with van der Waals surface area (Å²) < 4.78 is 4.45. The average Bonchev–Trinajstić information content (AvgIpc) is 2.76. The molecule has 94 valence electrons. The van der Waals surface area contributed by atoms with E-state index in [2.05, 4.69) is 14.9 Å². The van der Waals surface area contributed by atoms with Crippen LogP contribution < -0.4 is 5.73 Å². The summed E-state index contributed by atoms with van der Waals surface area (Å²) in [6.07, 6.45) is 0.0959. The molecule has 1 heterocycles. The molecule has 0 aliphatic carbocycles. The smallest absolute Gasteiger partial charge is 0.228 e. The summed E-state index contributed by atoms with van der Waals surface area (Å²) in [7, 11) is 1.74. The molecule has 1 aromatic carbocycles. The number of rotatable bonds is 4. The summed E-state index contributed by atoms with van der Waals surface area (Å²) >= 11 is 0. The molecule has 0 aliphatic rings. The normalized spacial score (nSPS) is 10.3. The molecule has 0 radical (unpaired) electrons. The van der Waals surface area contributed by atoms with E-state index in [0.717, 1.165) is 5.56 Å². The molecule has 0 spiro atoms. The number of carbonyl (C=O) groups is 1. The Morgan fingerprint density at radius 3 is 2.67 bits per heavy atom. The van der Waals surface area contributed by atoms with Crippen molar-refractivity contribution in [3.05, 3.63) is 41.6 Å². The summed E-state index contributed by atoms with van der Waals surface area (Å²) in [6.45, 7) is 0.546. The Kier molecular flexibility index (Phi) is 3.57. The van der Waals surface area contributed by atoms with Gasteiger partial charge in [0, 0.05) is 13.6 Å². The summed E-state index contributed by atoms with van der Waals surface area (Å²) in [6, 6.07) is 9.75. The minimum Gasteiger partial charge on any atom is -0.379 e. The van der Waals surface area contributed by atoms with Crippen molar-refractivity contribution in [1.82, 2.24) is 15.2 Å². The molecule has 0 saturated carbocycles. The van der Waals surface area contributed by atoms with E-state index in [-0.39, 0.29) is 18.1 Å². The van der Waals surface area contributed by atoms with Gasteiger partial charge in [-0.15, -0.1) is 0 Å². The molecule has 6 nitrogen and oxygen atoms in total. The van der Waals surface area contributed by atoms with Gasteiger partial charge >= 0.3 is 0 Å². The van der Waals surface area contributed by atoms with Gasteiger partial charge in [0.05, 0.1) is 6.42 Å². The second-order valence-electron chi connectivity index (χ2n) is 4.01. The zero-order valence-corrected chi connectivity index (χ0v) is 10.0. The number of nitrogens with zero attached hydrogens (tertiary/aromatic N) is 3. The molecule has 1 aromatic heterocycles. The molecule has 0 bridgehead atoms. The van der Waals surface area contributed by atoms with Crippen molar-refractivity contribution in [2.45, 2.75) is 13.0 Å². The molecule has 0 fully saturated rings. The first-order chi connectivity index (χ1) is 8.66. The number of benzene rings is 1. The number of amides is 1. The van der Waals surface area contributed by atoms with E-state index in [4.69, 9.17) is 5.73 Å². The van der Waals surface area contributed by atoms with Crippen LogP contribution in [0.1, 0.15) is 11.3 Å². The number of hydrogen-bond donors (Lipinski definition) is 1. The fourth-order valence-corrected chi connectivity index (χ4v) is 1.56. The number of anilines is 1. The van der Waals surface area contributed by atoms with Crippen LogP contribution in [0.5, 0.6) is 0 Å². The molecule has 2 aromatic rings. The maximum absolute atomic E-state index is 11.9. The number of likely N-dealkylation sites (N-methyl/N-ethyl adjacent to an activating group) is 1. The van der Waals surface area contributed by atoms with Crippen LogP contribution in [0.4, 0.5) is 5.82 Å². The van der Waals surface area contributed by atoms with Gasteiger partial charge in [-0.2, -0.15) is 0 Å². The van der Waals surface area contributed by atoms with Gasteiger partial charge in [0.15, 0.2) is 5.82 Å². The van der Waals surface area contributed by atoms with Crippen molar-refractivity contribution >= 4 is 11.7 Å². The molecule has 0 atom stereocenters. The number of aromatic nitrogens is 2. The van der Waals surface area contributed by atoms with Crippen molar-refractivity contribution < 1.29 is 9.42 Å². The fourth-order valence-electron chi connectivity index (χ4n) is 1.56. The van der Waals surface area contributed by atoms with Crippen molar-refractivity contribution in [3.63, 3.8) is 0 Å². The first kappa shape index (κ1) is 12.1. The molecular formula is C12H14N4O2. The van der Waals surface area contributed by atoms with E-state index in [9.17, 15) is 4.79 Å². The van der Waals surface area contributed by atoms with E-state index in [1.807, 2.05) is 30.3 Å². The highest BCUT2D eigenvalue weighted by Crippen LogP contribution is 2.08. The van der Waals surface area contributed by atoms with Crippen LogP contribution >= 0.6 is 0 Å². The van der Waals surface area contributed by atoms with Gasteiger partial charge < -0.3 is 10.6 Å². The van der Waals surface area contributed by atoms with Crippen LogP contribution in [0, 0.1) is 0 Å². The van der Waals surface area contributed by atoms with Crippen molar-refractivity contribution in [2.24, 2.45) is 0 Å². The van der Waals surface area contributed by atoms with Crippen LogP contribution in [0.3, 0.4) is 0 Å². The van der Waals surface area contributed by atoms with E-state index in [1.165, 1.54) is 0 Å². The number of nitrogen functional groups attached to an aromatic ring is 1. The Morgan fingerprint density at radius 2 is 2.06 bits per heavy atom. The largest absolute Gasteiger partial charge is 0.379 e. The monoisotopic (exact) mass is 246 g/mol. The molecule has 0 aliphatic heterocycles. The second kappa shape index (κ2) is 5.31. The van der Waals surface area contributed by atoms with E-state index in [1.54, 1.807) is 11.9 Å². The predicted molar refractivity (Wildman–Crippen MR) is 65.3 cm³/mol. The summed E-state index contributed by atoms with van der Waals surface area (Å²) in [5.74, 6) is 0.0812. The van der Waals surface area contributed by atoms with Gasteiger partial charge in [-0.25, -0.2) is 4.63 Å². The SMILES string of the molecule is CN(Cc1ccccc1)C(=O)Cc1nonc1N. The zero-order valence-electron chi connectivity index (χ0n) is 10.0. The Hall–Kier alpha value is -2.37. The molecule has 0 saturated heterocycles. The van der Waals surface area contributed by atoms with E-state index in [0.29, 0.717) is 12.2 Å². The highest BCUT2D eigenvalue weighted by atomic mass is 16.6. The molecule has 1 amide bonds. The molecular weight excluding hydrogens is 232 g/mol. The summed E-state index contributed by atoms with van der Waals surface area (Å²) in [5.41, 5.74) is 6.95. The third-order valence-electron chi connectivity index (χ3n) is 2.59. The Morgan fingerprint density at radius 1 is 1.33 bits per heavy atom. The van der Waals surface area contributed by atoms with Crippen LogP contribution in [-0.4, -0.2) is 28.2 Å². The number of nitrogens with two attached hydrogens (primary N) is 1. The Bertz CT molecular complexity index is 524. The lowest BCUT2D eigenvalue weighted by atomic mass is 10.2. The first-order valence-electron chi connectivity index (χ1n) is 5.51. The minimum atomic E-state index is -0.0822. The molecule has 6 heteroatoms. The van der Waals surface area contributed by atoms with E-state index < -0.39 is 0 Å². The second-order valence-corrected chi connectivity index (χ2v) is 4.01. The van der Waals surface area contributed by atoms with Crippen LogP contribution in [0.15, 0.2) is 35.0 Å². The maximum Gasteiger partial charge on any atom is 0.228 e. The predicted octanol–water partition coefficient (Wildman–Crippen LogP) is 0.853. The molecule has 0 unspecified atom stereocenters. The quantitative estimate of drug-likeness (QED) is 0.864. The van der Waals surface area contributed by atoms with Crippen molar-refractivity contribution in [1.29, 1.82) is 0 Å². The van der Waals surface area contributed by atoms with Gasteiger partial charge in [-0.1, -0.05) is 35.5 Å². The lowest BCUT2D eigenvalue weighted by molar-refractivity contribution is -0.129. The highest BCUT2D eigenvalue weighted by Gasteiger charge is 2.15. The average molecular weight is 246 g/mol. The minimum absolute atomic E-state index is 0.0822. The Balaban J connectivity index is 1.95. The van der Waals surface area contributed by atoms with Gasteiger partial charge in [0.25, 0.3) is 0 Å². The van der Waals surface area contributed by atoms with Gasteiger partial charge in [-0.3, -0.25) is 4.79 Å². The Labute approximate surface area is 104 Å². The number of hydrogen-bond acceptors (Lipinski definition) is 5. The molecule has 2 rings (SSSR count). The highest BCUT2D eigenvalue weighted by molar-refractivity contribution is 5.79. The van der Waals surface area contributed by atoms with Crippen molar-refractivity contribution in [3.8, 4) is 0 Å². The van der Waals surface area contributed by atoms with Crippen LogP contribution in [0.2, 0.25) is 0 Å².